The van der Waals surface area contributed by atoms with Crippen molar-refractivity contribution in [2.75, 3.05) is 26.2 Å². The van der Waals surface area contributed by atoms with Gasteiger partial charge < -0.3 is 4.48 Å². The van der Waals surface area contributed by atoms with Crippen molar-refractivity contribution in [3.05, 3.63) is 0 Å². The van der Waals surface area contributed by atoms with E-state index in [1.165, 1.54) is 82.0 Å². The first-order chi connectivity index (χ1) is 9.10. The molecule has 19 heavy (non-hydrogen) atoms. The summed E-state index contributed by atoms with van der Waals surface area (Å²) in [5, 5.41) is 0. The lowest BCUT2D eigenvalue weighted by Crippen LogP contribution is -2.51. The molecule has 0 unspecified atom stereocenters. The maximum atomic E-state index is 2.40. The van der Waals surface area contributed by atoms with E-state index >= 15 is 0 Å². The van der Waals surface area contributed by atoms with Crippen LogP contribution in [0.5, 0.6) is 0 Å². The summed E-state index contributed by atoms with van der Waals surface area (Å²) in [5.74, 6) is 0.831. The first kappa shape index (κ1) is 19.0. The molecule has 0 N–H and O–H groups in total. The lowest BCUT2D eigenvalue weighted by Gasteiger charge is -2.39. The smallest absolute Gasteiger partial charge is 0.0809 e. The number of quaternary nitrogens is 1. The molecule has 0 atom stereocenters. The van der Waals surface area contributed by atoms with Gasteiger partial charge in [-0.05, 0) is 32.6 Å². The normalized spacial score (nSPS) is 12.3. The van der Waals surface area contributed by atoms with E-state index in [0.29, 0.717) is 0 Å². The molecule has 0 saturated carbocycles. The summed E-state index contributed by atoms with van der Waals surface area (Å²) in [6, 6.07) is 0. The van der Waals surface area contributed by atoms with Gasteiger partial charge in [0.25, 0.3) is 0 Å². The van der Waals surface area contributed by atoms with Crippen LogP contribution < -0.4 is 0 Å². The van der Waals surface area contributed by atoms with Gasteiger partial charge in [0.05, 0.1) is 26.2 Å². The van der Waals surface area contributed by atoms with E-state index in [4.69, 9.17) is 0 Å². The van der Waals surface area contributed by atoms with Crippen LogP contribution in [0, 0.1) is 5.92 Å². The van der Waals surface area contributed by atoms with E-state index < -0.39 is 0 Å². The molecule has 0 aromatic heterocycles. The highest BCUT2D eigenvalue weighted by molar-refractivity contribution is 4.51. The maximum absolute atomic E-state index is 2.40. The van der Waals surface area contributed by atoms with Gasteiger partial charge in [-0.1, -0.05) is 53.4 Å². The molecule has 0 aromatic carbocycles. The number of rotatable bonds is 13. The second-order valence-corrected chi connectivity index (χ2v) is 6.80. The van der Waals surface area contributed by atoms with Crippen molar-refractivity contribution in [3.63, 3.8) is 0 Å². The fourth-order valence-electron chi connectivity index (χ4n) is 3.26. The van der Waals surface area contributed by atoms with Gasteiger partial charge in [0.2, 0.25) is 0 Å². The average Bonchev–Trinajstić information content (AvgIpc) is 2.39. The van der Waals surface area contributed by atoms with Crippen LogP contribution in [-0.4, -0.2) is 30.7 Å². The first-order valence-corrected chi connectivity index (χ1v) is 8.95. The minimum atomic E-state index is 0.831. The van der Waals surface area contributed by atoms with E-state index in [0.717, 1.165) is 5.92 Å². The largest absolute Gasteiger partial charge is 0.324 e. The van der Waals surface area contributed by atoms with E-state index in [-0.39, 0.29) is 0 Å². The summed E-state index contributed by atoms with van der Waals surface area (Å²) in [7, 11) is 0. The summed E-state index contributed by atoms with van der Waals surface area (Å²) in [6.07, 6.45) is 11.3. The van der Waals surface area contributed by atoms with Crippen LogP contribution >= 0.6 is 0 Å². The van der Waals surface area contributed by atoms with Crippen molar-refractivity contribution in [2.24, 2.45) is 5.92 Å². The van der Waals surface area contributed by atoms with Gasteiger partial charge in [-0.15, -0.1) is 0 Å². The van der Waals surface area contributed by atoms with Gasteiger partial charge >= 0.3 is 0 Å². The lowest BCUT2D eigenvalue weighted by molar-refractivity contribution is -0.929. The Morgan fingerprint density at radius 2 is 1.16 bits per heavy atom. The molecule has 0 aliphatic heterocycles. The predicted octanol–water partition coefficient (Wildman–Crippen LogP) is 5.64. The van der Waals surface area contributed by atoms with Gasteiger partial charge in [-0.3, -0.25) is 0 Å². The Morgan fingerprint density at radius 3 is 1.47 bits per heavy atom. The van der Waals surface area contributed by atoms with E-state index in [1.54, 1.807) is 0 Å². The minimum absolute atomic E-state index is 0.831. The van der Waals surface area contributed by atoms with Gasteiger partial charge in [-0.2, -0.15) is 0 Å². The van der Waals surface area contributed by atoms with Crippen molar-refractivity contribution in [1.82, 2.24) is 0 Å². The summed E-state index contributed by atoms with van der Waals surface area (Å²) >= 11 is 0. The van der Waals surface area contributed by atoms with Crippen molar-refractivity contribution in [3.8, 4) is 0 Å². The molecule has 0 rings (SSSR count). The third-order valence-electron chi connectivity index (χ3n) is 4.40. The standard InChI is InChI=1S/C18H40N/c1-6-9-11-13-15-19(8-3,17-18(4)5)16-14-12-10-7-2/h18H,6-17H2,1-5H3/q+1. The van der Waals surface area contributed by atoms with Crippen LogP contribution in [-0.2, 0) is 0 Å². The molecule has 0 heterocycles. The van der Waals surface area contributed by atoms with Crippen LogP contribution in [0.4, 0.5) is 0 Å². The molecule has 0 saturated heterocycles. The third kappa shape index (κ3) is 9.49. The van der Waals surface area contributed by atoms with E-state index in [2.05, 4.69) is 34.6 Å². The van der Waals surface area contributed by atoms with Crippen molar-refractivity contribution in [1.29, 1.82) is 0 Å². The van der Waals surface area contributed by atoms with Gasteiger partial charge in [0.15, 0.2) is 0 Å². The minimum Gasteiger partial charge on any atom is -0.324 e. The van der Waals surface area contributed by atoms with Crippen molar-refractivity contribution >= 4 is 0 Å². The highest BCUT2D eigenvalue weighted by atomic mass is 15.3. The third-order valence-corrected chi connectivity index (χ3v) is 4.40. The summed E-state index contributed by atoms with van der Waals surface area (Å²) in [6.45, 7) is 17.3. The molecule has 0 radical (unpaired) electrons. The number of unbranched alkanes of at least 4 members (excludes halogenated alkanes) is 6. The molecule has 0 aromatic rings. The number of hydrogen-bond acceptors (Lipinski definition) is 0. The highest BCUT2D eigenvalue weighted by Crippen LogP contribution is 2.17. The molecule has 0 bridgehead atoms. The zero-order valence-electron chi connectivity index (χ0n) is 14.5. The summed E-state index contributed by atoms with van der Waals surface area (Å²) in [5.41, 5.74) is 0. The van der Waals surface area contributed by atoms with Crippen LogP contribution in [0.2, 0.25) is 0 Å². The molecular formula is C18H40N+. The predicted molar refractivity (Wildman–Crippen MR) is 88.5 cm³/mol. The number of hydrogen-bond donors (Lipinski definition) is 0. The zero-order valence-corrected chi connectivity index (χ0v) is 14.5. The highest BCUT2D eigenvalue weighted by Gasteiger charge is 2.25. The zero-order chi connectivity index (χ0) is 14.6. The topological polar surface area (TPSA) is 0 Å². The molecule has 0 aliphatic carbocycles. The van der Waals surface area contributed by atoms with Gasteiger partial charge in [-0.25, -0.2) is 0 Å². The monoisotopic (exact) mass is 270 g/mol. The van der Waals surface area contributed by atoms with E-state index in [9.17, 15) is 0 Å². The fourth-order valence-corrected chi connectivity index (χ4v) is 3.26. The molecule has 0 aliphatic rings. The van der Waals surface area contributed by atoms with Crippen molar-refractivity contribution in [2.45, 2.75) is 86.0 Å². The Morgan fingerprint density at radius 1 is 0.684 bits per heavy atom. The molecule has 0 spiro atoms. The van der Waals surface area contributed by atoms with Gasteiger partial charge in [0, 0.05) is 5.92 Å². The molecule has 0 amide bonds. The van der Waals surface area contributed by atoms with E-state index in [1.807, 2.05) is 0 Å². The Labute approximate surface area is 123 Å². The summed E-state index contributed by atoms with van der Waals surface area (Å²) < 4.78 is 1.38. The molecule has 1 heteroatoms. The van der Waals surface area contributed by atoms with Gasteiger partial charge in [0.1, 0.15) is 0 Å². The lowest BCUT2D eigenvalue weighted by atomic mass is 10.1. The Bertz CT molecular complexity index is 174. The van der Waals surface area contributed by atoms with Crippen LogP contribution in [0.3, 0.4) is 0 Å². The fraction of sp³-hybridized carbons (Fsp3) is 1.00. The second-order valence-electron chi connectivity index (χ2n) is 6.80. The number of nitrogens with zero attached hydrogens (tertiary/aromatic N) is 1. The van der Waals surface area contributed by atoms with Crippen molar-refractivity contribution < 1.29 is 4.48 Å². The summed E-state index contributed by atoms with van der Waals surface area (Å²) in [4.78, 5) is 0. The Hall–Kier alpha value is -0.0400. The molecular weight excluding hydrogens is 230 g/mol. The van der Waals surface area contributed by atoms with Crippen LogP contribution in [0.25, 0.3) is 0 Å². The molecule has 116 valence electrons. The van der Waals surface area contributed by atoms with Crippen LogP contribution in [0.1, 0.15) is 86.0 Å². The maximum Gasteiger partial charge on any atom is 0.0809 e. The Kier molecular flexibility index (Phi) is 11.7. The molecule has 1 nitrogen and oxygen atoms in total. The SMILES string of the molecule is CCCCCC[N+](CC)(CCCCCC)CC(C)C. The first-order valence-electron chi connectivity index (χ1n) is 8.95. The Balaban J connectivity index is 4.24. The molecule has 0 fully saturated rings. The average molecular weight is 271 g/mol. The second kappa shape index (κ2) is 11.8. The quantitative estimate of drug-likeness (QED) is 0.300. The van der Waals surface area contributed by atoms with Crippen LogP contribution in [0.15, 0.2) is 0 Å².